The molecule has 0 saturated carbocycles. The lowest BCUT2D eigenvalue weighted by atomic mass is 9.99. The number of nitrogens with one attached hydrogen (secondary N) is 1. The summed E-state index contributed by atoms with van der Waals surface area (Å²) in [6.07, 6.45) is 74.7. The second-order valence-corrected chi connectivity index (χ2v) is 21.1. The Balaban J connectivity index is 2.26. The maximum atomic E-state index is 13.0. The Labute approximate surface area is 466 Å². The van der Waals surface area contributed by atoms with E-state index in [0.29, 0.717) is 6.42 Å². The monoisotopic (exact) mass is 1060 g/mol. The number of hydrogen-bond acceptors (Lipinski definition) is 8. The van der Waals surface area contributed by atoms with Gasteiger partial charge in [0, 0.05) is 6.42 Å². The summed E-state index contributed by atoms with van der Waals surface area (Å²) in [5.74, 6) is -0.246. The van der Waals surface area contributed by atoms with Crippen LogP contribution in [0, 0.1) is 0 Å². The lowest BCUT2D eigenvalue weighted by molar-refractivity contribution is -0.302. The molecule has 0 aliphatic carbocycles. The van der Waals surface area contributed by atoms with E-state index in [-0.39, 0.29) is 18.9 Å². The van der Waals surface area contributed by atoms with Gasteiger partial charge in [-0.2, -0.15) is 0 Å². The fraction of sp³-hybridized carbons (Fsp3) is 0.716. The number of carbonyl (C=O) groups is 1. The molecular formula is C67H115NO8. The lowest BCUT2D eigenvalue weighted by Gasteiger charge is -2.40. The van der Waals surface area contributed by atoms with Crippen LogP contribution in [0.4, 0.5) is 0 Å². The first-order valence-electron chi connectivity index (χ1n) is 31.1. The Bertz CT molecular complexity index is 1560. The summed E-state index contributed by atoms with van der Waals surface area (Å²) in [5.41, 5.74) is 0. The summed E-state index contributed by atoms with van der Waals surface area (Å²) >= 11 is 0. The third-order valence-electron chi connectivity index (χ3n) is 14.1. The van der Waals surface area contributed by atoms with Crippen molar-refractivity contribution in [2.45, 2.75) is 294 Å². The average Bonchev–Trinajstić information content (AvgIpc) is 3.42. The number of aliphatic hydroxyl groups excluding tert-OH is 5. The molecule has 1 heterocycles. The normalized spacial score (nSPS) is 19.6. The predicted molar refractivity (Wildman–Crippen MR) is 322 cm³/mol. The number of aliphatic hydroxyl groups is 5. The summed E-state index contributed by atoms with van der Waals surface area (Å²) in [4.78, 5) is 13.0. The van der Waals surface area contributed by atoms with Crippen LogP contribution in [0.2, 0.25) is 0 Å². The number of carbonyl (C=O) groups excluding carboxylic acids is 1. The van der Waals surface area contributed by atoms with E-state index in [1.165, 1.54) is 154 Å². The molecule has 9 heteroatoms. The fourth-order valence-electron chi connectivity index (χ4n) is 9.22. The third kappa shape index (κ3) is 43.8. The molecule has 76 heavy (non-hydrogen) atoms. The van der Waals surface area contributed by atoms with Gasteiger partial charge in [0.2, 0.25) is 5.91 Å². The molecule has 1 amide bonds. The minimum absolute atomic E-state index is 0.231. The van der Waals surface area contributed by atoms with Crippen LogP contribution in [0.3, 0.4) is 0 Å². The third-order valence-corrected chi connectivity index (χ3v) is 14.1. The van der Waals surface area contributed by atoms with E-state index in [2.05, 4.69) is 116 Å². The molecule has 6 N–H and O–H groups in total. The van der Waals surface area contributed by atoms with Gasteiger partial charge in [0.05, 0.1) is 25.4 Å². The number of hydrogen-bond donors (Lipinski definition) is 6. The maximum absolute atomic E-state index is 13.0. The van der Waals surface area contributed by atoms with Gasteiger partial charge in [-0.1, -0.05) is 271 Å². The van der Waals surface area contributed by atoms with Gasteiger partial charge in [0.25, 0.3) is 0 Å². The van der Waals surface area contributed by atoms with Crippen molar-refractivity contribution >= 4 is 5.91 Å². The van der Waals surface area contributed by atoms with E-state index >= 15 is 0 Å². The van der Waals surface area contributed by atoms with Gasteiger partial charge in [-0.05, 0) is 83.5 Å². The molecule has 0 bridgehead atoms. The van der Waals surface area contributed by atoms with E-state index in [9.17, 15) is 30.3 Å². The summed E-state index contributed by atoms with van der Waals surface area (Å²) < 4.78 is 11.2. The van der Waals surface area contributed by atoms with Crippen LogP contribution in [0.25, 0.3) is 0 Å². The molecule has 1 saturated heterocycles. The molecule has 0 aromatic carbocycles. The quantitative estimate of drug-likeness (QED) is 0.0261. The Morgan fingerprint density at radius 2 is 0.829 bits per heavy atom. The van der Waals surface area contributed by atoms with Gasteiger partial charge in [-0.15, -0.1) is 0 Å². The predicted octanol–water partition coefficient (Wildman–Crippen LogP) is 16.1. The second-order valence-electron chi connectivity index (χ2n) is 21.1. The SMILES string of the molecule is CC/C=C\C/C=C\C/C=C\C/C=C\C/C=C\C/C=C\C/C=C\CCCC(=O)NC(COC1OC(CO)C(O)C(O)C1O)C(O)/C=C/CC/C=C/CCCCCCCCCCCCCCCCCCCCCCCCCC. The average molecular weight is 1060 g/mol. The zero-order valence-corrected chi connectivity index (χ0v) is 48.5. The van der Waals surface area contributed by atoms with Crippen molar-refractivity contribution in [3.8, 4) is 0 Å². The van der Waals surface area contributed by atoms with Crippen molar-refractivity contribution < 1.29 is 39.8 Å². The highest BCUT2D eigenvalue weighted by molar-refractivity contribution is 5.76. The molecule has 1 rings (SSSR count). The van der Waals surface area contributed by atoms with Crippen LogP contribution in [0.15, 0.2) is 109 Å². The molecule has 0 aromatic heterocycles. The highest BCUT2D eigenvalue weighted by atomic mass is 16.7. The standard InChI is InChI=1S/C67H115NO8/c1-3-5-7-9-11-13-15-17-19-21-23-25-27-28-29-30-31-32-33-35-36-38-40-42-44-46-48-50-52-54-56-61(70)60(59-75-67-66(74)65(73)64(72)62(58-69)76-67)68-63(71)57-55-53-51-49-47-45-43-41-39-37-34-26-24-22-20-18-16-14-12-10-8-6-4-2/h6,8,12,14,18,20,24,26,37,39,43,45-46,48-49,51,54,56,60-62,64-67,69-70,72-74H,3-5,7,9-11,13,15-17,19,21-23,25,27-36,38,40-42,44,47,50,52-53,55,57-59H2,1-2H3,(H,68,71)/b8-6-,14-12-,20-18-,26-24-,39-37-,45-43-,48-46+,51-49-,56-54+. The summed E-state index contributed by atoms with van der Waals surface area (Å²) in [7, 11) is 0. The lowest BCUT2D eigenvalue weighted by Crippen LogP contribution is -2.60. The van der Waals surface area contributed by atoms with Gasteiger partial charge in [0.1, 0.15) is 24.4 Å². The number of amides is 1. The zero-order chi connectivity index (χ0) is 55.0. The highest BCUT2D eigenvalue weighted by Crippen LogP contribution is 2.23. The molecule has 0 aromatic rings. The van der Waals surface area contributed by atoms with E-state index in [4.69, 9.17) is 9.47 Å². The molecule has 436 valence electrons. The van der Waals surface area contributed by atoms with Crippen LogP contribution >= 0.6 is 0 Å². The Morgan fingerprint density at radius 3 is 1.26 bits per heavy atom. The number of unbranched alkanes of at least 4 members (excludes halogenated alkanes) is 26. The van der Waals surface area contributed by atoms with E-state index < -0.39 is 49.5 Å². The van der Waals surface area contributed by atoms with E-state index in [1.54, 1.807) is 6.08 Å². The van der Waals surface area contributed by atoms with Crippen LogP contribution < -0.4 is 5.32 Å². The van der Waals surface area contributed by atoms with Crippen LogP contribution in [0.5, 0.6) is 0 Å². The molecule has 0 spiro atoms. The van der Waals surface area contributed by atoms with Gasteiger partial charge in [-0.3, -0.25) is 4.79 Å². The Hall–Kier alpha value is -3.15. The van der Waals surface area contributed by atoms with Crippen molar-refractivity contribution in [2.75, 3.05) is 13.2 Å². The van der Waals surface area contributed by atoms with Crippen molar-refractivity contribution in [3.05, 3.63) is 109 Å². The van der Waals surface area contributed by atoms with E-state index in [1.807, 2.05) is 6.08 Å². The molecule has 9 nitrogen and oxygen atoms in total. The summed E-state index contributed by atoms with van der Waals surface area (Å²) in [6, 6.07) is -0.862. The maximum Gasteiger partial charge on any atom is 0.220 e. The van der Waals surface area contributed by atoms with Crippen molar-refractivity contribution in [1.29, 1.82) is 0 Å². The highest BCUT2D eigenvalue weighted by Gasteiger charge is 2.44. The van der Waals surface area contributed by atoms with Gasteiger partial charge in [0.15, 0.2) is 6.29 Å². The summed E-state index contributed by atoms with van der Waals surface area (Å²) in [6.45, 7) is 3.63. The van der Waals surface area contributed by atoms with Crippen LogP contribution in [0.1, 0.15) is 251 Å². The fourth-order valence-corrected chi connectivity index (χ4v) is 9.22. The molecular weight excluding hydrogens is 947 g/mol. The van der Waals surface area contributed by atoms with Crippen LogP contribution in [-0.4, -0.2) is 87.5 Å². The van der Waals surface area contributed by atoms with Crippen molar-refractivity contribution in [3.63, 3.8) is 0 Å². The smallest absolute Gasteiger partial charge is 0.220 e. The van der Waals surface area contributed by atoms with E-state index in [0.717, 1.165) is 70.6 Å². The zero-order valence-electron chi connectivity index (χ0n) is 48.5. The number of rotatable bonds is 52. The molecule has 7 unspecified atom stereocenters. The number of ether oxygens (including phenoxy) is 2. The summed E-state index contributed by atoms with van der Waals surface area (Å²) in [5, 5.41) is 54.5. The van der Waals surface area contributed by atoms with Gasteiger partial charge >= 0.3 is 0 Å². The first kappa shape index (κ1) is 70.9. The minimum atomic E-state index is -1.59. The van der Waals surface area contributed by atoms with Crippen molar-refractivity contribution in [2.24, 2.45) is 0 Å². The molecule has 0 radical (unpaired) electrons. The number of allylic oxidation sites excluding steroid dienone is 17. The minimum Gasteiger partial charge on any atom is -0.394 e. The first-order valence-corrected chi connectivity index (χ1v) is 31.1. The van der Waals surface area contributed by atoms with Gasteiger partial charge in [-0.25, -0.2) is 0 Å². The Kier molecular flexibility index (Phi) is 51.4. The molecule has 1 aliphatic rings. The largest absolute Gasteiger partial charge is 0.394 e. The first-order chi connectivity index (χ1) is 37.3. The van der Waals surface area contributed by atoms with Crippen molar-refractivity contribution in [1.82, 2.24) is 5.32 Å². The molecule has 1 aliphatic heterocycles. The molecule has 1 fully saturated rings. The van der Waals surface area contributed by atoms with Crippen LogP contribution in [-0.2, 0) is 14.3 Å². The van der Waals surface area contributed by atoms with Gasteiger partial charge < -0.3 is 40.3 Å². The molecule has 7 atom stereocenters. The topological polar surface area (TPSA) is 149 Å². The Morgan fingerprint density at radius 1 is 0.461 bits per heavy atom. The second kappa shape index (κ2) is 55.2.